The molecule has 0 aliphatic heterocycles. The number of allylic oxidation sites excluding steroid dienone is 6. The molecule has 24 heavy (non-hydrogen) atoms. The van der Waals surface area contributed by atoms with E-state index in [1.807, 2.05) is 25.2 Å². The first-order valence-corrected chi connectivity index (χ1v) is 9.29. The van der Waals surface area contributed by atoms with Crippen molar-refractivity contribution in [2.45, 2.75) is 59.3 Å². The highest BCUT2D eigenvalue weighted by atomic mass is 14.4. The molecule has 1 aromatic rings. The van der Waals surface area contributed by atoms with Crippen LogP contribution in [0.5, 0.6) is 0 Å². The van der Waals surface area contributed by atoms with Crippen LogP contribution in [0, 0.1) is 5.92 Å². The lowest BCUT2D eigenvalue weighted by atomic mass is 9.68. The Kier molecular flexibility index (Phi) is 8.54. The molecule has 0 radical (unpaired) electrons. The molecule has 0 aliphatic carbocycles. The van der Waals surface area contributed by atoms with Gasteiger partial charge in [0, 0.05) is 0 Å². The lowest BCUT2D eigenvalue weighted by Gasteiger charge is -2.37. The van der Waals surface area contributed by atoms with E-state index >= 15 is 0 Å². The monoisotopic (exact) mass is 322 g/mol. The Bertz CT molecular complexity index is 579. The molecule has 0 aromatic heterocycles. The molecule has 0 saturated carbocycles. The first-order chi connectivity index (χ1) is 11.5. The van der Waals surface area contributed by atoms with Crippen LogP contribution in [-0.4, -0.2) is 0 Å². The lowest BCUT2D eigenvalue weighted by molar-refractivity contribution is 0.265. The van der Waals surface area contributed by atoms with Crippen molar-refractivity contribution < 1.29 is 0 Å². The van der Waals surface area contributed by atoms with Gasteiger partial charge < -0.3 is 0 Å². The quantitative estimate of drug-likeness (QED) is 0.413. The van der Waals surface area contributed by atoms with Gasteiger partial charge in [-0.25, -0.2) is 0 Å². The predicted molar refractivity (Wildman–Crippen MR) is 110 cm³/mol. The Hall–Kier alpha value is -1.82. The zero-order valence-electron chi connectivity index (χ0n) is 16.2. The van der Waals surface area contributed by atoms with Crippen molar-refractivity contribution in [3.05, 3.63) is 77.9 Å². The molecule has 0 aliphatic rings. The van der Waals surface area contributed by atoms with Gasteiger partial charge in [0.15, 0.2) is 0 Å². The summed E-state index contributed by atoms with van der Waals surface area (Å²) < 4.78 is 0. The van der Waals surface area contributed by atoms with Crippen LogP contribution in [0.2, 0.25) is 0 Å². The molecule has 0 fully saturated rings. The third-order valence-corrected chi connectivity index (χ3v) is 5.33. The summed E-state index contributed by atoms with van der Waals surface area (Å²) in [6.07, 6.45) is 15.9. The second-order valence-corrected chi connectivity index (χ2v) is 6.64. The van der Waals surface area contributed by atoms with E-state index in [0.29, 0.717) is 0 Å². The van der Waals surface area contributed by atoms with Gasteiger partial charge in [-0.15, -0.1) is 0 Å². The highest BCUT2D eigenvalue weighted by molar-refractivity contribution is 5.55. The van der Waals surface area contributed by atoms with Gasteiger partial charge in [-0.3, -0.25) is 0 Å². The van der Waals surface area contributed by atoms with Crippen molar-refractivity contribution in [2.24, 2.45) is 5.92 Å². The summed E-state index contributed by atoms with van der Waals surface area (Å²) in [4.78, 5) is 0. The molecular formula is C24H34. The van der Waals surface area contributed by atoms with Crippen LogP contribution in [0.15, 0.2) is 66.8 Å². The third kappa shape index (κ3) is 5.09. The Labute approximate surface area is 149 Å². The fourth-order valence-corrected chi connectivity index (χ4v) is 3.58. The van der Waals surface area contributed by atoms with Crippen molar-refractivity contribution in [3.63, 3.8) is 0 Å². The van der Waals surface area contributed by atoms with Gasteiger partial charge in [0.25, 0.3) is 0 Å². The molecule has 0 saturated heterocycles. The van der Waals surface area contributed by atoms with E-state index in [4.69, 9.17) is 0 Å². The molecule has 0 heterocycles. The average Bonchev–Trinajstić information content (AvgIpc) is 2.61. The minimum atomic E-state index is 0.268. The maximum absolute atomic E-state index is 3.77. The van der Waals surface area contributed by atoms with Gasteiger partial charge in [-0.2, -0.15) is 0 Å². The first kappa shape index (κ1) is 20.2. The third-order valence-electron chi connectivity index (χ3n) is 5.33. The Morgan fingerprint density at radius 3 is 2.17 bits per heavy atom. The molecule has 1 unspecified atom stereocenters. The van der Waals surface area contributed by atoms with Crippen LogP contribution in [-0.2, 0) is 5.41 Å². The van der Waals surface area contributed by atoms with E-state index in [9.17, 15) is 0 Å². The van der Waals surface area contributed by atoms with Crippen LogP contribution >= 0.6 is 0 Å². The maximum Gasteiger partial charge on any atom is -0.00498 e. The molecule has 0 heteroatoms. The second-order valence-electron chi connectivity index (χ2n) is 6.64. The Morgan fingerprint density at radius 2 is 1.71 bits per heavy atom. The molecule has 0 bridgehead atoms. The number of rotatable bonds is 9. The van der Waals surface area contributed by atoms with Crippen LogP contribution in [0.1, 0.15) is 65.0 Å². The molecule has 0 spiro atoms. The average molecular weight is 323 g/mol. The highest BCUT2D eigenvalue weighted by Gasteiger charge is 2.31. The standard InChI is InChI=1S/C24H34/c1-7-12-20(13-8-2)14-15-21-16-18-23(19-17-21)24(6,11-5)22(9-3)10-4/h7-8,12-19,22H,1,9-11H2,2-6H3/b13-8-,15-14+,20-12+. The number of hydrogen-bond donors (Lipinski definition) is 0. The van der Waals surface area contributed by atoms with E-state index < -0.39 is 0 Å². The molecule has 0 N–H and O–H groups in total. The predicted octanol–water partition coefficient (Wildman–Crippen LogP) is 7.49. The zero-order chi connectivity index (χ0) is 18.0. The Balaban J connectivity index is 3.03. The molecule has 1 atom stereocenters. The summed E-state index contributed by atoms with van der Waals surface area (Å²) in [6, 6.07) is 9.11. The summed E-state index contributed by atoms with van der Waals surface area (Å²) in [5.74, 6) is 0.737. The summed E-state index contributed by atoms with van der Waals surface area (Å²) >= 11 is 0. The van der Waals surface area contributed by atoms with Gasteiger partial charge in [0.05, 0.1) is 0 Å². The molecule has 130 valence electrons. The SMILES string of the molecule is C=C/C=C(\C=C/C)/C=C/c1ccc(C(C)(CC)C(CC)CC)cc1. The largest absolute Gasteiger partial charge is 0.0990 e. The van der Waals surface area contributed by atoms with Crippen LogP contribution in [0.3, 0.4) is 0 Å². The normalized spacial score (nSPS) is 15.3. The van der Waals surface area contributed by atoms with Crippen molar-refractivity contribution >= 4 is 6.08 Å². The molecule has 0 amide bonds. The van der Waals surface area contributed by atoms with Crippen LogP contribution in [0.4, 0.5) is 0 Å². The maximum atomic E-state index is 3.77. The van der Waals surface area contributed by atoms with Crippen molar-refractivity contribution in [3.8, 4) is 0 Å². The minimum Gasteiger partial charge on any atom is -0.0990 e. The van der Waals surface area contributed by atoms with E-state index in [1.54, 1.807) is 0 Å². The lowest BCUT2D eigenvalue weighted by Crippen LogP contribution is -2.30. The summed E-state index contributed by atoms with van der Waals surface area (Å²) in [6.45, 7) is 15.2. The smallest absolute Gasteiger partial charge is 0.00498 e. The van der Waals surface area contributed by atoms with Crippen LogP contribution < -0.4 is 0 Å². The van der Waals surface area contributed by atoms with Gasteiger partial charge in [0.2, 0.25) is 0 Å². The van der Waals surface area contributed by atoms with Crippen molar-refractivity contribution in [2.75, 3.05) is 0 Å². The zero-order valence-corrected chi connectivity index (χ0v) is 16.2. The van der Waals surface area contributed by atoms with Crippen LogP contribution in [0.25, 0.3) is 6.08 Å². The summed E-state index contributed by atoms with van der Waals surface area (Å²) in [5.41, 5.74) is 4.13. The van der Waals surface area contributed by atoms with Crippen molar-refractivity contribution in [1.82, 2.24) is 0 Å². The second kappa shape index (κ2) is 10.1. The number of benzene rings is 1. The van der Waals surface area contributed by atoms with Gasteiger partial charge >= 0.3 is 0 Å². The Morgan fingerprint density at radius 1 is 1.08 bits per heavy atom. The van der Waals surface area contributed by atoms with Gasteiger partial charge in [-0.05, 0) is 41.4 Å². The van der Waals surface area contributed by atoms with E-state index in [0.717, 1.165) is 11.5 Å². The van der Waals surface area contributed by atoms with E-state index in [1.165, 1.54) is 30.4 Å². The fourth-order valence-electron chi connectivity index (χ4n) is 3.58. The molecule has 1 rings (SSSR count). The van der Waals surface area contributed by atoms with Gasteiger partial charge in [0.1, 0.15) is 0 Å². The van der Waals surface area contributed by atoms with E-state index in [2.05, 4.69) is 76.8 Å². The topological polar surface area (TPSA) is 0 Å². The first-order valence-electron chi connectivity index (χ1n) is 9.29. The van der Waals surface area contributed by atoms with E-state index in [-0.39, 0.29) is 5.41 Å². The summed E-state index contributed by atoms with van der Waals surface area (Å²) in [5, 5.41) is 0. The minimum absolute atomic E-state index is 0.268. The number of hydrogen-bond acceptors (Lipinski definition) is 0. The summed E-state index contributed by atoms with van der Waals surface area (Å²) in [7, 11) is 0. The molecular weight excluding hydrogens is 288 g/mol. The fraction of sp³-hybridized carbons (Fsp3) is 0.417. The molecule has 0 nitrogen and oxygen atoms in total. The highest BCUT2D eigenvalue weighted by Crippen LogP contribution is 2.39. The molecule has 1 aromatic carbocycles. The van der Waals surface area contributed by atoms with Gasteiger partial charge in [-0.1, -0.05) is 108 Å². The van der Waals surface area contributed by atoms with Crippen molar-refractivity contribution in [1.29, 1.82) is 0 Å².